The molecule has 1 saturated heterocycles. The monoisotopic (exact) mass is 576 g/mol. The van der Waals surface area contributed by atoms with Gasteiger partial charge in [0.05, 0.1) is 19.8 Å². The summed E-state index contributed by atoms with van der Waals surface area (Å²) in [5.74, 6) is 2.44. The van der Waals surface area contributed by atoms with Crippen molar-refractivity contribution >= 4 is 41.5 Å². The van der Waals surface area contributed by atoms with E-state index in [0.29, 0.717) is 41.7 Å². The summed E-state index contributed by atoms with van der Waals surface area (Å²) in [6.07, 6.45) is 0.606. The van der Waals surface area contributed by atoms with Gasteiger partial charge >= 0.3 is 0 Å². The van der Waals surface area contributed by atoms with Crippen molar-refractivity contribution in [3.8, 4) is 11.4 Å². The standard InChI is InChI=1S/C22H33ClN6O2.HI/c1-4-24-22(26-15-19(16(2)3)29-10-12-30-13-11-29)25-9-8-20-27-21(28-31-20)17-6-5-7-18(23)14-17;/h5-7,14,16,19H,4,8-13,15H2,1-3H3,(H2,24,25,26);1H. The minimum Gasteiger partial charge on any atom is -0.379 e. The van der Waals surface area contributed by atoms with E-state index in [9.17, 15) is 0 Å². The number of benzene rings is 1. The molecular weight excluding hydrogens is 543 g/mol. The number of nitrogens with zero attached hydrogens (tertiary/aromatic N) is 4. The highest BCUT2D eigenvalue weighted by atomic mass is 127. The second-order valence-corrected chi connectivity index (χ2v) is 8.31. The van der Waals surface area contributed by atoms with Crippen molar-refractivity contribution in [3.63, 3.8) is 0 Å². The molecule has 0 saturated carbocycles. The molecule has 3 rings (SSSR count). The fourth-order valence-corrected chi connectivity index (χ4v) is 3.76. The average Bonchev–Trinajstić information content (AvgIpc) is 3.23. The van der Waals surface area contributed by atoms with Crippen molar-refractivity contribution in [2.45, 2.75) is 33.2 Å². The molecular formula is C22H34ClIN6O2. The topological polar surface area (TPSA) is 87.8 Å². The van der Waals surface area contributed by atoms with Crippen LogP contribution >= 0.6 is 35.6 Å². The van der Waals surface area contributed by atoms with E-state index in [1.54, 1.807) is 0 Å². The van der Waals surface area contributed by atoms with E-state index in [4.69, 9.17) is 25.9 Å². The summed E-state index contributed by atoms with van der Waals surface area (Å²) in [6.45, 7) is 12.3. The first-order chi connectivity index (χ1) is 15.1. The fraction of sp³-hybridized carbons (Fsp3) is 0.591. The molecule has 178 valence electrons. The van der Waals surface area contributed by atoms with E-state index in [-0.39, 0.29) is 24.0 Å². The van der Waals surface area contributed by atoms with E-state index in [1.807, 2.05) is 24.3 Å². The van der Waals surface area contributed by atoms with Gasteiger partial charge in [0.15, 0.2) is 5.96 Å². The lowest BCUT2D eigenvalue weighted by atomic mass is 10.0. The zero-order valence-corrected chi connectivity index (χ0v) is 22.1. The summed E-state index contributed by atoms with van der Waals surface area (Å²) >= 11 is 6.05. The Morgan fingerprint density at radius 3 is 2.72 bits per heavy atom. The van der Waals surface area contributed by atoms with Gasteiger partial charge in [0.25, 0.3) is 0 Å². The van der Waals surface area contributed by atoms with Crippen molar-refractivity contribution in [2.75, 3.05) is 45.9 Å². The normalized spacial score (nSPS) is 16.0. The molecule has 1 atom stereocenters. The van der Waals surface area contributed by atoms with Crippen LogP contribution in [0.1, 0.15) is 26.7 Å². The van der Waals surface area contributed by atoms with Crippen LogP contribution in [0.2, 0.25) is 5.02 Å². The van der Waals surface area contributed by atoms with Gasteiger partial charge in [0.1, 0.15) is 0 Å². The van der Waals surface area contributed by atoms with Crippen LogP contribution in [-0.4, -0.2) is 73.0 Å². The third-order valence-electron chi connectivity index (χ3n) is 5.25. The Hall–Kier alpha value is -1.43. The molecule has 2 heterocycles. The lowest BCUT2D eigenvalue weighted by Crippen LogP contribution is -2.48. The number of morpholine rings is 1. The minimum atomic E-state index is 0. The Balaban J connectivity index is 0.00000363. The molecule has 1 aromatic carbocycles. The molecule has 1 fully saturated rings. The van der Waals surface area contributed by atoms with Crippen molar-refractivity contribution < 1.29 is 9.26 Å². The fourth-order valence-electron chi connectivity index (χ4n) is 3.57. The Morgan fingerprint density at radius 1 is 1.25 bits per heavy atom. The van der Waals surface area contributed by atoms with Gasteiger partial charge in [-0.25, -0.2) is 0 Å². The lowest BCUT2D eigenvalue weighted by Gasteiger charge is -2.36. The average molecular weight is 577 g/mol. The number of halogens is 2. The highest BCUT2D eigenvalue weighted by molar-refractivity contribution is 14.0. The van der Waals surface area contributed by atoms with Crippen molar-refractivity contribution in [3.05, 3.63) is 35.2 Å². The number of ether oxygens (including phenoxy) is 1. The smallest absolute Gasteiger partial charge is 0.228 e. The number of nitrogens with one attached hydrogen (secondary N) is 2. The third kappa shape index (κ3) is 8.17. The van der Waals surface area contributed by atoms with Gasteiger partial charge in [-0.15, -0.1) is 24.0 Å². The molecule has 1 aliphatic heterocycles. The molecule has 1 unspecified atom stereocenters. The summed E-state index contributed by atoms with van der Waals surface area (Å²) < 4.78 is 10.9. The van der Waals surface area contributed by atoms with Crippen LogP contribution < -0.4 is 10.6 Å². The summed E-state index contributed by atoms with van der Waals surface area (Å²) in [7, 11) is 0. The van der Waals surface area contributed by atoms with Gasteiger partial charge < -0.3 is 19.9 Å². The number of hydrogen-bond donors (Lipinski definition) is 2. The van der Waals surface area contributed by atoms with Gasteiger partial charge in [0.2, 0.25) is 11.7 Å². The van der Waals surface area contributed by atoms with E-state index >= 15 is 0 Å². The van der Waals surface area contributed by atoms with Gasteiger partial charge in [-0.3, -0.25) is 9.89 Å². The highest BCUT2D eigenvalue weighted by Crippen LogP contribution is 2.20. The van der Waals surface area contributed by atoms with Crippen molar-refractivity contribution in [1.29, 1.82) is 0 Å². The summed E-state index contributed by atoms with van der Waals surface area (Å²) in [4.78, 5) is 11.8. The molecule has 1 aromatic heterocycles. The molecule has 2 aromatic rings. The highest BCUT2D eigenvalue weighted by Gasteiger charge is 2.23. The van der Waals surface area contributed by atoms with Crippen LogP contribution in [0.3, 0.4) is 0 Å². The first-order valence-electron chi connectivity index (χ1n) is 11.0. The predicted molar refractivity (Wildman–Crippen MR) is 139 cm³/mol. The maximum atomic E-state index is 6.05. The minimum absolute atomic E-state index is 0. The Morgan fingerprint density at radius 2 is 2.03 bits per heavy atom. The van der Waals surface area contributed by atoms with E-state index in [1.165, 1.54) is 0 Å². The zero-order chi connectivity index (χ0) is 22.1. The third-order valence-corrected chi connectivity index (χ3v) is 5.48. The van der Waals surface area contributed by atoms with Gasteiger partial charge in [-0.05, 0) is 25.0 Å². The first kappa shape index (κ1) is 26.8. The number of rotatable bonds is 9. The number of guanidine groups is 1. The number of aromatic nitrogens is 2. The van der Waals surface area contributed by atoms with Gasteiger partial charge in [-0.1, -0.05) is 42.7 Å². The molecule has 0 bridgehead atoms. The molecule has 1 aliphatic rings. The molecule has 0 radical (unpaired) electrons. The van der Waals surface area contributed by atoms with Crippen LogP contribution in [0.15, 0.2) is 33.8 Å². The van der Waals surface area contributed by atoms with Crippen LogP contribution in [0.5, 0.6) is 0 Å². The van der Waals surface area contributed by atoms with Crippen molar-refractivity contribution in [1.82, 2.24) is 25.7 Å². The van der Waals surface area contributed by atoms with E-state index < -0.39 is 0 Å². The summed E-state index contributed by atoms with van der Waals surface area (Å²) in [5.41, 5.74) is 0.841. The molecule has 32 heavy (non-hydrogen) atoms. The SMILES string of the molecule is CCNC(=NCC(C(C)C)N1CCOCC1)NCCc1nc(-c2cccc(Cl)c2)no1.I. The molecule has 2 N–H and O–H groups in total. The maximum absolute atomic E-state index is 6.05. The van der Waals surface area contributed by atoms with Crippen molar-refractivity contribution in [2.24, 2.45) is 10.9 Å². The Bertz CT molecular complexity index is 841. The second kappa shape index (κ2) is 14.0. The number of aliphatic imine (C=N–C) groups is 1. The lowest BCUT2D eigenvalue weighted by molar-refractivity contribution is 0.00867. The molecule has 0 aliphatic carbocycles. The first-order valence-corrected chi connectivity index (χ1v) is 11.4. The number of hydrogen-bond acceptors (Lipinski definition) is 6. The van der Waals surface area contributed by atoms with Gasteiger partial charge in [-0.2, -0.15) is 4.98 Å². The van der Waals surface area contributed by atoms with E-state index in [0.717, 1.165) is 50.9 Å². The van der Waals surface area contributed by atoms with Crippen LogP contribution in [0.25, 0.3) is 11.4 Å². The molecule has 10 heteroatoms. The quantitative estimate of drug-likeness (QED) is 0.269. The predicted octanol–water partition coefficient (Wildman–Crippen LogP) is 3.46. The Kier molecular flexibility index (Phi) is 11.7. The molecule has 0 spiro atoms. The largest absolute Gasteiger partial charge is 0.379 e. The summed E-state index contributed by atoms with van der Waals surface area (Å²) in [5, 5.41) is 11.4. The van der Waals surface area contributed by atoms with Crippen LogP contribution in [0, 0.1) is 5.92 Å². The summed E-state index contributed by atoms with van der Waals surface area (Å²) in [6, 6.07) is 7.82. The van der Waals surface area contributed by atoms with Crippen LogP contribution in [-0.2, 0) is 11.2 Å². The molecule has 8 nitrogen and oxygen atoms in total. The maximum Gasteiger partial charge on any atom is 0.228 e. The zero-order valence-electron chi connectivity index (χ0n) is 19.0. The molecule has 0 amide bonds. The van der Waals surface area contributed by atoms with Gasteiger partial charge in [0, 0.05) is 49.2 Å². The van der Waals surface area contributed by atoms with E-state index in [2.05, 4.69) is 46.4 Å². The second-order valence-electron chi connectivity index (χ2n) is 7.88. The van der Waals surface area contributed by atoms with Crippen LogP contribution in [0.4, 0.5) is 0 Å². The Labute approximate surface area is 212 Å².